The molecule has 0 spiro atoms. The van der Waals surface area contributed by atoms with Crippen molar-refractivity contribution in [2.75, 3.05) is 7.11 Å². The lowest BCUT2D eigenvalue weighted by Gasteiger charge is -2.08. The van der Waals surface area contributed by atoms with Crippen molar-refractivity contribution < 1.29 is 4.74 Å². The van der Waals surface area contributed by atoms with Gasteiger partial charge in [0.05, 0.1) is 19.4 Å². The van der Waals surface area contributed by atoms with E-state index in [0.29, 0.717) is 6.54 Å². The minimum atomic E-state index is 0.235. The smallest absolute Gasteiger partial charge is 0.128 e. The number of ether oxygens (including phenoxy) is 1. The number of nitriles is 1. The fourth-order valence-electron chi connectivity index (χ4n) is 1.77. The van der Waals surface area contributed by atoms with Crippen LogP contribution in [0.15, 0.2) is 30.6 Å². The van der Waals surface area contributed by atoms with Gasteiger partial charge in [0.25, 0.3) is 0 Å². The van der Waals surface area contributed by atoms with E-state index in [0.717, 1.165) is 22.4 Å². The molecule has 0 radical (unpaired) electrons. The van der Waals surface area contributed by atoms with Crippen LogP contribution in [0, 0.1) is 11.3 Å². The normalized spacial score (nSPS) is 10.1. The highest BCUT2D eigenvalue weighted by atomic mass is 16.5. The third-order valence-corrected chi connectivity index (χ3v) is 2.68. The first-order valence-corrected chi connectivity index (χ1v) is 5.55. The van der Waals surface area contributed by atoms with Crippen molar-refractivity contribution in [1.29, 1.82) is 5.26 Å². The van der Waals surface area contributed by atoms with Crippen molar-refractivity contribution in [3.05, 3.63) is 36.2 Å². The Bertz CT molecular complexity index is 583. The number of nitrogens with zero attached hydrogens (tertiary/aromatic N) is 3. The van der Waals surface area contributed by atoms with Crippen LogP contribution in [-0.4, -0.2) is 16.9 Å². The number of methoxy groups -OCH3 is 1. The van der Waals surface area contributed by atoms with Crippen LogP contribution in [0.2, 0.25) is 0 Å². The van der Waals surface area contributed by atoms with Crippen LogP contribution in [0.25, 0.3) is 11.1 Å². The van der Waals surface area contributed by atoms with Crippen molar-refractivity contribution in [3.63, 3.8) is 0 Å². The Kier molecular flexibility index (Phi) is 3.60. The molecule has 0 saturated heterocycles. The maximum atomic E-state index is 8.63. The largest absolute Gasteiger partial charge is 0.496 e. The standard InChI is InChI=1S/C13H14N4O/c1-18-13-3-2-10(7-15)6-12(13)11-8-16-17(9-11)5-4-14/h2-3,6,8-9H,5,7,15H2,1H3. The van der Waals surface area contributed by atoms with Gasteiger partial charge < -0.3 is 10.5 Å². The van der Waals surface area contributed by atoms with E-state index in [-0.39, 0.29) is 6.54 Å². The van der Waals surface area contributed by atoms with Gasteiger partial charge in [-0.25, -0.2) is 0 Å². The van der Waals surface area contributed by atoms with Crippen molar-refractivity contribution in [2.45, 2.75) is 13.1 Å². The van der Waals surface area contributed by atoms with Gasteiger partial charge in [-0.15, -0.1) is 0 Å². The van der Waals surface area contributed by atoms with Crippen LogP contribution < -0.4 is 10.5 Å². The minimum absolute atomic E-state index is 0.235. The first kappa shape index (κ1) is 12.1. The second-order valence-electron chi connectivity index (χ2n) is 3.82. The molecule has 0 saturated carbocycles. The molecule has 2 aromatic rings. The molecule has 5 nitrogen and oxygen atoms in total. The van der Waals surface area contributed by atoms with E-state index in [4.69, 9.17) is 15.7 Å². The summed E-state index contributed by atoms with van der Waals surface area (Å²) >= 11 is 0. The summed E-state index contributed by atoms with van der Waals surface area (Å²) in [5.74, 6) is 0.767. The number of nitrogens with two attached hydrogens (primary N) is 1. The highest BCUT2D eigenvalue weighted by Crippen LogP contribution is 2.30. The molecule has 1 aromatic heterocycles. The van der Waals surface area contributed by atoms with Gasteiger partial charge in [0.15, 0.2) is 0 Å². The molecule has 0 atom stereocenters. The minimum Gasteiger partial charge on any atom is -0.496 e. The zero-order chi connectivity index (χ0) is 13.0. The van der Waals surface area contributed by atoms with Gasteiger partial charge in [-0.1, -0.05) is 6.07 Å². The Hall–Kier alpha value is -2.32. The molecule has 18 heavy (non-hydrogen) atoms. The molecule has 1 heterocycles. The van der Waals surface area contributed by atoms with Crippen LogP contribution >= 0.6 is 0 Å². The summed E-state index contributed by atoms with van der Waals surface area (Å²) < 4.78 is 6.91. The third kappa shape index (κ3) is 2.34. The summed E-state index contributed by atoms with van der Waals surface area (Å²) in [6, 6.07) is 7.85. The second kappa shape index (κ2) is 5.34. The number of rotatable bonds is 4. The molecular formula is C13H14N4O. The van der Waals surface area contributed by atoms with Crippen LogP contribution in [0.1, 0.15) is 5.56 Å². The molecule has 1 aromatic carbocycles. The Morgan fingerprint density at radius 2 is 2.33 bits per heavy atom. The summed E-state index contributed by atoms with van der Waals surface area (Å²) in [6.07, 6.45) is 3.54. The second-order valence-corrected chi connectivity index (χ2v) is 3.82. The Morgan fingerprint density at radius 3 is 3.00 bits per heavy atom. The average Bonchev–Trinajstić information content (AvgIpc) is 2.87. The van der Waals surface area contributed by atoms with Crippen molar-refractivity contribution in [2.24, 2.45) is 5.73 Å². The van der Waals surface area contributed by atoms with Gasteiger partial charge in [0, 0.05) is 23.9 Å². The van der Waals surface area contributed by atoms with Gasteiger partial charge in [0.2, 0.25) is 0 Å². The Balaban J connectivity index is 2.44. The number of aromatic nitrogens is 2. The summed E-state index contributed by atoms with van der Waals surface area (Å²) in [6.45, 7) is 0.711. The fourth-order valence-corrected chi connectivity index (χ4v) is 1.77. The molecule has 92 valence electrons. The fraction of sp³-hybridized carbons (Fsp3) is 0.231. The molecule has 0 unspecified atom stereocenters. The summed E-state index contributed by atoms with van der Waals surface area (Å²) in [5.41, 5.74) is 8.51. The quantitative estimate of drug-likeness (QED) is 0.882. The molecule has 5 heteroatoms. The van der Waals surface area contributed by atoms with E-state index >= 15 is 0 Å². The van der Waals surface area contributed by atoms with E-state index in [9.17, 15) is 0 Å². The Labute approximate surface area is 105 Å². The number of hydrogen-bond acceptors (Lipinski definition) is 4. The SMILES string of the molecule is COc1ccc(CN)cc1-c1cnn(CC#N)c1. The first-order valence-electron chi connectivity index (χ1n) is 5.55. The number of benzene rings is 1. The van der Waals surface area contributed by atoms with Gasteiger partial charge in [-0.05, 0) is 17.7 Å². The van der Waals surface area contributed by atoms with Gasteiger partial charge in [0.1, 0.15) is 12.3 Å². The zero-order valence-electron chi connectivity index (χ0n) is 10.1. The van der Waals surface area contributed by atoms with E-state index < -0.39 is 0 Å². The topological polar surface area (TPSA) is 76.9 Å². The van der Waals surface area contributed by atoms with Gasteiger partial charge >= 0.3 is 0 Å². The van der Waals surface area contributed by atoms with Crippen LogP contribution in [0.5, 0.6) is 5.75 Å². The average molecular weight is 242 g/mol. The van der Waals surface area contributed by atoms with E-state index in [2.05, 4.69) is 5.10 Å². The maximum absolute atomic E-state index is 8.63. The summed E-state index contributed by atoms with van der Waals surface area (Å²) in [4.78, 5) is 0. The van der Waals surface area contributed by atoms with Crippen LogP contribution in [0.3, 0.4) is 0 Å². The zero-order valence-corrected chi connectivity index (χ0v) is 10.1. The first-order chi connectivity index (χ1) is 8.78. The third-order valence-electron chi connectivity index (χ3n) is 2.68. The van der Waals surface area contributed by atoms with E-state index in [1.807, 2.05) is 30.5 Å². The molecular weight excluding hydrogens is 228 g/mol. The molecule has 0 aliphatic rings. The van der Waals surface area contributed by atoms with Crippen molar-refractivity contribution in [1.82, 2.24) is 9.78 Å². The Morgan fingerprint density at radius 1 is 1.50 bits per heavy atom. The van der Waals surface area contributed by atoms with Crippen molar-refractivity contribution in [3.8, 4) is 22.9 Å². The van der Waals surface area contributed by atoms with Crippen molar-refractivity contribution >= 4 is 0 Å². The van der Waals surface area contributed by atoms with Gasteiger partial charge in [-0.3, -0.25) is 4.68 Å². The molecule has 0 bridgehead atoms. The number of hydrogen-bond donors (Lipinski definition) is 1. The molecule has 0 fully saturated rings. The maximum Gasteiger partial charge on any atom is 0.128 e. The van der Waals surface area contributed by atoms with Crippen LogP contribution in [0.4, 0.5) is 0 Å². The highest BCUT2D eigenvalue weighted by Gasteiger charge is 2.09. The lowest BCUT2D eigenvalue weighted by Crippen LogP contribution is -1.97. The monoisotopic (exact) mass is 242 g/mol. The molecule has 2 rings (SSSR count). The molecule has 0 aliphatic carbocycles. The molecule has 0 amide bonds. The lowest BCUT2D eigenvalue weighted by molar-refractivity contribution is 0.416. The van der Waals surface area contributed by atoms with E-state index in [1.54, 1.807) is 18.0 Å². The van der Waals surface area contributed by atoms with Crippen LogP contribution in [-0.2, 0) is 13.1 Å². The van der Waals surface area contributed by atoms with Gasteiger partial charge in [-0.2, -0.15) is 10.4 Å². The lowest BCUT2D eigenvalue weighted by atomic mass is 10.0. The molecule has 0 aliphatic heterocycles. The predicted octanol–water partition coefficient (Wildman–Crippen LogP) is 1.54. The predicted molar refractivity (Wildman–Crippen MR) is 67.7 cm³/mol. The highest BCUT2D eigenvalue weighted by molar-refractivity contribution is 5.70. The molecule has 2 N–H and O–H groups in total. The summed E-state index contributed by atoms with van der Waals surface area (Å²) in [7, 11) is 1.63. The van der Waals surface area contributed by atoms with E-state index in [1.165, 1.54) is 0 Å². The summed E-state index contributed by atoms with van der Waals surface area (Å²) in [5, 5.41) is 12.8.